The van der Waals surface area contributed by atoms with Crippen LogP contribution < -0.4 is 10.6 Å². The smallest absolute Gasteiger partial charge is 0.261 e. The van der Waals surface area contributed by atoms with Gasteiger partial charge in [0.05, 0.1) is 0 Å². The molecule has 1 aromatic rings. The summed E-state index contributed by atoms with van der Waals surface area (Å²) in [5, 5.41) is 5.18. The third-order valence-corrected chi connectivity index (χ3v) is 4.04. The maximum Gasteiger partial charge on any atom is 0.261 e. The third-order valence-electron chi connectivity index (χ3n) is 4.04. The highest BCUT2D eigenvalue weighted by Crippen LogP contribution is 2.22. The van der Waals surface area contributed by atoms with Crippen LogP contribution in [0.25, 0.3) is 0 Å². The van der Waals surface area contributed by atoms with E-state index in [2.05, 4.69) is 10.6 Å². The molecular weight excluding hydrogens is 326 g/mol. The molecule has 0 aliphatic carbocycles. The van der Waals surface area contributed by atoms with Crippen LogP contribution in [-0.4, -0.2) is 47.9 Å². The molecule has 0 radical (unpaired) electrons. The number of nitrogens with zero attached hydrogens (tertiary/aromatic N) is 1. The predicted molar refractivity (Wildman–Crippen MR) is 88.8 cm³/mol. The van der Waals surface area contributed by atoms with Gasteiger partial charge in [-0.25, -0.2) is 0 Å². The summed E-state index contributed by atoms with van der Waals surface area (Å²) < 4.78 is 0. The summed E-state index contributed by atoms with van der Waals surface area (Å²) in [6, 6.07) is 3.96. The Labute approximate surface area is 144 Å². The first-order valence-electron chi connectivity index (χ1n) is 7.88. The van der Waals surface area contributed by atoms with Crippen molar-refractivity contribution in [2.45, 2.75) is 32.2 Å². The number of imide groups is 2. The fraction of sp³-hybridized carbons (Fsp3) is 0.353. The van der Waals surface area contributed by atoms with Crippen molar-refractivity contribution in [3.05, 3.63) is 29.3 Å². The minimum atomic E-state index is -1.01. The average Bonchev–Trinajstić information content (AvgIpc) is 2.59. The standard InChI is InChI=1S/C17H19N3O5/c1-11-12(4-2-5-13(11)18-8-3-9-21)17(25)20(10-22)14-6-7-15(23)19-16(14)24/h2,4-5,9-10,14,18H,3,6-8H2,1H3,(H,19,23,24). The molecule has 1 atom stereocenters. The number of benzene rings is 1. The van der Waals surface area contributed by atoms with Crippen molar-refractivity contribution in [1.82, 2.24) is 10.2 Å². The van der Waals surface area contributed by atoms with Crippen LogP contribution >= 0.6 is 0 Å². The van der Waals surface area contributed by atoms with Crippen molar-refractivity contribution in [3.8, 4) is 0 Å². The van der Waals surface area contributed by atoms with Gasteiger partial charge in [-0.2, -0.15) is 0 Å². The van der Waals surface area contributed by atoms with E-state index < -0.39 is 23.8 Å². The summed E-state index contributed by atoms with van der Waals surface area (Å²) in [5.74, 6) is -1.69. The molecule has 2 rings (SSSR count). The number of anilines is 1. The molecule has 0 bridgehead atoms. The van der Waals surface area contributed by atoms with E-state index in [0.29, 0.717) is 30.6 Å². The molecule has 0 saturated carbocycles. The van der Waals surface area contributed by atoms with Gasteiger partial charge in [0.15, 0.2) is 0 Å². The van der Waals surface area contributed by atoms with E-state index in [0.717, 1.165) is 11.2 Å². The lowest BCUT2D eigenvalue weighted by molar-refractivity contribution is -0.139. The molecule has 1 aliphatic rings. The zero-order valence-corrected chi connectivity index (χ0v) is 13.8. The number of piperidine rings is 1. The van der Waals surface area contributed by atoms with E-state index >= 15 is 0 Å². The van der Waals surface area contributed by atoms with Gasteiger partial charge in [0.1, 0.15) is 12.3 Å². The zero-order chi connectivity index (χ0) is 18.4. The van der Waals surface area contributed by atoms with Crippen LogP contribution in [0.5, 0.6) is 0 Å². The maximum absolute atomic E-state index is 12.8. The van der Waals surface area contributed by atoms with Crippen LogP contribution in [0.1, 0.15) is 35.2 Å². The second-order valence-electron chi connectivity index (χ2n) is 5.64. The first-order chi connectivity index (χ1) is 12.0. The summed E-state index contributed by atoms with van der Waals surface area (Å²) in [6.07, 6.45) is 1.60. The number of nitrogens with one attached hydrogen (secondary N) is 2. The van der Waals surface area contributed by atoms with Gasteiger partial charge in [0, 0.05) is 30.6 Å². The Kier molecular flexibility index (Phi) is 5.99. The lowest BCUT2D eigenvalue weighted by atomic mass is 10.0. The molecule has 1 aliphatic heterocycles. The number of rotatable bonds is 7. The van der Waals surface area contributed by atoms with E-state index in [9.17, 15) is 24.0 Å². The Balaban J connectivity index is 2.24. The third kappa shape index (κ3) is 4.09. The molecule has 8 heteroatoms. The van der Waals surface area contributed by atoms with Crippen LogP contribution in [0.2, 0.25) is 0 Å². The lowest BCUT2D eigenvalue weighted by Gasteiger charge is -2.29. The summed E-state index contributed by atoms with van der Waals surface area (Å²) in [6.45, 7) is 2.14. The van der Waals surface area contributed by atoms with E-state index in [1.807, 2.05) is 0 Å². The summed E-state index contributed by atoms with van der Waals surface area (Å²) in [5.41, 5.74) is 1.55. The van der Waals surface area contributed by atoms with Crippen LogP contribution in [0.4, 0.5) is 5.69 Å². The number of aldehydes is 1. The second-order valence-corrected chi connectivity index (χ2v) is 5.64. The number of hydrogen-bond donors (Lipinski definition) is 2. The number of carbonyl (C=O) groups excluding carboxylic acids is 5. The van der Waals surface area contributed by atoms with Crippen LogP contribution in [0.15, 0.2) is 18.2 Å². The van der Waals surface area contributed by atoms with Crippen LogP contribution in [0.3, 0.4) is 0 Å². The van der Waals surface area contributed by atoms with Crippen molar-refractivity contribution in [2.24, 2.45) is 0 Å². The SMILES string of the molecule is Cc1c(NCCC=O)cccc1C(=O)N(C=O)C1CCC(=O)NC1=O. The minimum absolute atomic E-state index is 0.0697. The fourth-order valence-corrected chi connectivity index (χ4v) is 2.67. The molecule has 132 valence electrons. The Morgan fingerprint density at radius 1 is 1.36 bits per heavy atom. The fourth-order valence-electron chi connectivity index (χ4n) is 2.67. The molecule has 1 aromatic carbocycles. The molecule has 25 heavy (non-hydrogen) atoms. The number of carbonyl (C=O) groups is 5. The number of amides is 4. The van der Waals surface area contributed by atoms with Crippen molar-refractivity contribution >= 4 is 36.1 Å². The monoisotopic (exact) mass is 345 g/mol. The van der Waals surface area contributed by atoms with Crippen LogP contribution in [-0.2, 0) is 19.2 Å². The maximum atomic E-state index is 12.8. The predicted octanol–water partition coefficient (Wildman–Crippen LogP) is 0.400. The van der Waals surface area contributed by atoms with Gasteiger partial charge in [0.25, 0.3) is 5.91 Å². The van der Waals surface area contributed by atoms with Crippen molar-refractivity contribution in [2.75, 3.05) is 11.9 Å². The minimum Gasteiger partial charge on any atom is -0.384 e. The Morgan fingerprint density at radius 3 is 2.76 bits per heavy atom. The Hall–Kier alpha value is -3.03. The van der Waals surface area contributed by atoms with Gasteiger partial charge in [-0.15, -0.1) is 0 Å². The van der Waals surface area contributed by atoms with E-state index in [4.69, 9.17) is 0 Å². The van der Waals surface area contributed by atoms with E-state index in [1.54, 1.807) is 25.1 Å². The molecule has 2 N–H and O–H groups in total. The first-order valence-corrected chi connectivity index (χ1v) is 7.88. The summed E-state index contributed by atoms with van der Waals surface area (Å²) in [4.78, 5) is 58.6. The summed E-state index contributed by atoms with van der Waals surface area (Å²) in [7, 11) is 0. The van der Waals surface area contributed by atoms with E-state index in [-0.39, 0.29) is 18.4 Å². The normalized spacial score (nSPS) is 16.8. The molecule has 1 unspecified atom stereocenters. The Bertz CT molecular complexity index is 716. The lowest BCUT2D eigenvalue weighted by Crippen LogP contribution is -2.53. The Morgan fingerprint density at radius 2 is 2.12 bits per heavy atom. The highest BCUT2D eigenvalue weighted by molar-refractivity contribution is 6.08. The second kappa shape index (κ2) is 8.18. The highest BCUT2D eigenvalue weighted by Gasteiger charge is 2.35. The van der Waals surface area contributed by atoms with Gasteiger partial charge in [-0.1, -0.05) is 6.07 Å². The summed E-state index contributed by atoms with van der Waals surface area (Å²) >= 11 is 0. The number of hydrogen-bond acceptors (Lipinski definition) is 6. The molecule has 1 fully saturated rings. The largest absolute Gasteiger partial charge is 0.384 e. The van der Waals surface area contributed by atoms with E-state index in [1.165, 1.54) is 0 Å². The molecule has 1 saturated heterocycles. The van der Waals surface area contributed by atoms with Gasteiger partial charge in [-0.3, -0.25) is 29.4 Å². The average molecular weight is 345 g/mol. The van der Waals surface area contributed by atoms with Gasteiger partial charge in [-0.05, 0) is 31.0 Å². The molecule has 0 aromatic heterocycles. The molecule has 4 amide bonds. The highest BCUT2D eigenvalue weighted by atomic mass is 16.2. The quantitative estimate of drug-likeness (QED) is 0.420. The zero-order valence-electron chi connectivity index (χ0n) is 13.8. The topological polar surface area (TPSA) is 113 Å². The molecule has 8 nitrogen and oxygen atoms in total. The van der Waals surface area contributed by atoms with Crippen LogP contribution in [0, 0.1) is 6.92 Å². The van der Waals surface area contributed by atoms with Gasteiger partial charge in [0.2, 0.25) is 18.2 Å². The van der Waals surface area contributed by atoms with Crippen molar-refractivity contribution in [1.29, 1.82) is 0 Å². The molecule has 1 heterocycles. The van der Waals surface area contributed by atoms with Crippen molar-refractivity contribution in [3.63, 3.8) is 0 Å². The molecule has 0 spiro atoms. The van der Waals surface area contributed by atoms with Gasteiger partial charge < -0.3 is 10.1 Å². The first kappa shape index (κ1) is 18.3. The molecular formula is C17H19N3O5. The van der Waals surface area contributed by atoms with Gasteiger partial charge >= 0.3 is 0 Å². The van der Waals surface area contributed by atoms with Crippen molar-refractivity contribution < 1.29 is 24.0 Å².